The standard InChI is InChI=1S/C22H25N3OS2/c1-15(22(26)25(2)17-11-7-4-8-12-17)27-20-18-13-19(16-9-5-3-6-10-16)28-21(18)24-14-23-20/h3,5-6,9-10,13-15,17H,4,7-8,11-12H2,1-2H3/t15-/m0/s1. The van der Waals surface area contributed by atoms with Crippen molar-refractivity contribution in [1.82, 2.24) is 14.9 Å². The number of benzene rings is 1. The summed E-state index contributed by atoms with van der Waals surface area (Å²) in [6.07, 6.45) is 7.62. The Kier molecular flexibility index (Phi) is 5.97. The zero-order valence-corrected chi connectivity index (χ0v) is 17.9. The van der Waals surface area contributed by atoms with Crippen LogP contribution in [0.5, 0.6) is 0 Å². The van der Waals surface area contributed by atoms with Crippen molar-refractivity contribution in [3.05, 3.63) is 42.7 Å². The normalized spacial score (nSPS) is 16.2. The molecular formula is C22H25N3OS2. The van der Waals surface area contributed by atoms with E-state index in [0.29, 0.717) is 6.04 Å². The van der Waals surface area contributed by atoms with Crippen LogP contribution >= 0.6 is 23.1 Å². The average molecular weight is 412 g/mol. The van der Waals surface area contributed by atoms with Crippen molar-refractivity contribution >= 4 is 39.2 Å². The molecule has 1 aliphatic rings. The lowest BCUT2D eigenvalue weighted by Crippen LogP contribution is -2.42. The van der Waals surface area contributed by atoms with Crippen LogP contribution in [0.1, 0.15) is 39.0 Å². The molecule has 1 saturated carbocycles. The van der Waals surface area contributed by atoms with E-state index >= 15 is 0 Å². The zero-order valence-electron chi connectivity index (χ0n) is 16.3. The molecule has 2 aromatic heterocycles. The van der Waals surface area contributed by atoms with Crippen LogP contribution < -0.4 is 0 Å². The maximum atomic E-state index is 13.0. The Morgan fingerprint density at radius 2 is 1.93 bits per heavy atom. The highest BCUT2D eigenvalue weighted by Crippen LogP contribution is 2.37. The first-order chi connectivity index (χ1) is 13.6. The van der Waals surface area contributed by atoms with Crippen molar-refractivity contribution < 1.29 is 4.79 Å². The molecule has 0 N–H and O–H groups in total. The largest absolute Gasteiger partial charge is 0.342 e. The zero-order chi connectivity index (χ0) is 19.5. The predicted octanol–water partition coefficient (Wildman–Crippen LogP) is 5.63. The number of carbonyl (C=O) groups excluding carboxylic acids is 1. The van der Waals surface area contributed by atoms with E-state index in [-0.39, 0.29) is 11.2 Å². The number of fused-ring (bicyclic) bond motifs is 1. The summed E-state index contributed by atoms with van der Waals surface area (Å²) in [5, 5.41) is 1.77. The maximum absolute atomic E-state index is 13.0. The number of thiophene rings is 1. The predicted molar refractivity (Wildman–Crippen MR) is 118 cm³/mol. The summed E-state index contributed by atoms with van der Waals surface area (Å²) in [6, 6.07) is 12.9. The van der Waals surface area contributed by atoms with Gasteiger partial charge < -0.3 is 4.90 Å². The molecule has 1 aliphatic carbocycles. The molecule has 4 rings (SSSR count). The number of carbonyl (C=O) groups is 1. The van der Waals surface area contributed by atoms with Crippen molar-refractivity contribution in [2.24, 2.45) is 0 Å². The minimum atomic E-state index is -0.162. The molecule has 1 amide bonds. The Balaban J connectivity index is 1.54. The molecule has 0 unspecified atom stereocenters. The van der Waals surface area contributed by atoms with Gasteiger partial charge in [0.1, 0.15) is 16.2 Å². The minimum absolute atomic E-state index is 0.162. The number of aromatic nitrogens is 2. The van der Waals surface area contributed by atoms with Gasteiger partial charge in [-0.25, -0.2) is 9.97 Å². The van der Waals surface area contributed by atoms with Gasteiger partial charge in [-0.15, -0.1) is 11.3 Å². The van der Waals surface area contributed by atoms with E-state index in [0.717, 1.165) is 28.1 Å². The number of amides is 1. The van der Waals surface area contributed by atoms with Gasteiger partial charge in [0.05, 0.1) is 5.25 Å². The minimum Gasteiger partial charge on any atom is -0.342 e. The maximum Gasteiger partial charge on any atom is 0.235 e. The summed E-state index contributed by atoms with van der Waals surface area (Å²) in [5.41, 5.74) is 1.18. The van der Waals surface area contributed by atoms with Crippen LogP contribution in [0.15, 0.2) is 47.8 Å². The second-order valence-electron chi connectivity index (χ2n) is 7.38. The molecule has 0 bridgehead atoms. The first-order valence-corrected chi connectivity index (χ1v) is 11.6. The fraction of sp³-hybridized carbons (Fsp3) is 0.409. The third-order valence-electron chi connectivity index (χ3n) is 5.46. The van der Waals surface area contributed by atoms with Gasteiger partial charge in [0, 0.05) is 23.4 Å². The van der Waals surface area contributed by atoms with Crippen LogP contribution in [0, 0.1) is 0 Å². The van der Waals surface area contributed by atoms with Gasteiger partial charge in [0.25, 0.3) is 0 Å². The highest BCUT2D eigenvalue weighted by atomic mass is 32.2. The first kappa shape index (κ1) is 19.4. The lowest BCUT2D eigenvalue weighted by Gasteiger charge is -2.32. The summed E-state index contributed by atoms with van der Waals surface area (Å²) < 4.78 is 0. The van der Waals surface area contributed by atoms with Crippen LogP contribution in [0.25, 0.3) is 20.7 Å². The molecule has 0 saturated heterocycles. The van der Waals surface area contributed by atoms with Crippen molar-refractivity contribution in [3.63, 3.8) is 0 Å². The van der Waals surface area contributed by atoms with E-state index in [1.54, 1.807) is 29.4 Å². The molecule has 3 aromatic rings. The summed E-state index contributed by atoms with van der Waals surface area (Å²) in [4.78, 5) is 26.0. The van der Waals surface area contributed by atoms with Gasteiger partial charge >= 0.3 is 0 Å². The summed E-state index contributed by atoms with van der Waals surface area (Å²) in [7, 11) is 1.96. The quantitative estimate of drug-likeness (QED) is 0.403. The second-order valence-corrected chi connectivity index (χ2v) is 9.74. The molecule has 1 aromatic carbocycles. The van der Waals surface area contributed by atoms with Crippen LogP contribution in [0.4, 0.5) is 0 Å². The van der Waals surface area contributed by atoms with E-state index in [1.807, 2.05) is 37.1 Å². The van der Waals surface area contributed by atoms with E-state index in [9.17, 15) is 4.79 Å². The van der Waals surface area contributed by atoms with Gasteiger partial charge in [-0.3, -0.25) is 4.79 Å². The average Bonchev–Trinajstić information content (AvgIpc) is 3.19. The van der Waals surface area contributed by atoms with Crippen LogP contribution in [-0.4, -0.2) is 39.1 Å². The van der Waals surface area contributed by atoms with E-state index < -0.39 is 0 Å². The Hall–Kier alpha value is -1.92. The molecule has 0 spiro atoms. The van der Waals surface area contributed by atoms with Crippen molar-refractivity contribution in [2.45, 2.75) is 55.3 Å². The number of hydrogen-bond acceptors (Lipinski definition) is 5. The van der Waals surface area contributed by atoms with E-state index in [2.05, 4.69) is 28.2 Å². The van der Waals surface area contributed by atoms with Crippen molar-refractivity contribution in [3.8, 4) is 10.4 Å². The van der Waals surface area contributed by atoms with E-state index in [4.69, 9.17) is 0 Å². The van der Waals surface area contributed by atoms with Gasteiger partial charge in [0.2, 0.25) is 5.91 Å². The van der Waals surface area contributed by atoms with E-state index in [1.165, 1.54) is 29.7 Å². The van der Waals surface area contributed by atoms with Gasteiger partial charge in [-0.2, -0.15) is 0 Å². The van der Waals surface area contributed by atoms with Crippen molar-refractivity contribution in [2.75, 3.05) is 7.05 Å². The van der Waals surface area contributed by atoms with Crippen LogP contribution in [0.2, 0.25) is 0 Å². The number of rotatable bonds is 5. The summed E-state index contributed by atoms with van der Waals surface area (Å²) in [6.45, 7) is 1.99. The molecule has 0 aliphatic heterocycles. The Morgan fingerprint density at radius 3 is 2.68 bits per heavy atom. The summed E-state index contributed by atoms with van der Waals surface area (Å²) in [5.74, 6) is 0.196. The second kappa shape index (κ2) is 8.62. The van der Waals surface area contributed by atoms with Gasteiger partial charge in [-0.1, -0.05) is 61.4 Å². The Labute approximate surface area is 174 Å². The lowest BCUT2D eigenvalue weighted by molar-refractivity contribution is -0.131. The van der Waals surface area contributed by atoms with Crippen LogP contribution in [0.3, 0.4) is 0 Å². The highest BCUT2D eigenvalue weighted by Gasteiger charge is 2.27. The Morgan fingerprint density at radius 1 is 1.18 bits per heavy atom. The van der Waals surface area contributed by atoms with Crippen LogP contribution in [-0.2, 0) is 4.79 Å². The number of hydrogen-bond donors (Lipinski definition) is 0. The molecule has 0 radical (unpaired) electrons. The first-order valence-electron chi connectivity index (χ1n) is 9.87. The highest BCUT2D eigenvalue weighted by molar-refractivity contribution is 8.00. The third kappa shape index (κ3) is 4.08. The molecule has 1 atom stereocenters. The van der Waals surface area contributed by atoms with Gasteiger partial charge in [-0.05, 0) is 31.4 Å². The fourth-order valence-corrected chi connectivity index (χ4v) is 5.89. The van der Waals surface area contributed by atoms with Gasteiger partial charge in [0.15, 0.2) is 0 Å². The summed E-state index contributed by atoms with van der Waals surface area (Å²) >= 11 is 3.22. The molecule has 146 valence electrons. The molecule has 4 nitrogen and oxygen atoms in total. The lowest BCUT2D eigenvalue weighted by atomic mass is 9.94. The molecule has 28 heavy (non-hydrogen) atoms. The molecular weight excluding hydrogens is 386 g/mol. The number of nitrogens with zero attached hydrogens (tertiary/aromatic N) is 3. The SMILES string of the molecule is C[C@H](Sc1ncnc2sc(-c3ccccc3)cc12)C(=O)N(C)C1CCCCC1. The topological polar surface area (TPSA) is 46.1 Å². The smallest absolute Gasteiger partial charge is 0.235 e. The van der Waals surface area contributed by atoms with Crippen molar-refractivity contribution in [1.29, 1.82) is 0 Å². The monoisotopic (exact) mass is 411 g/mol. The fourth-order valence-electron chi connectivity index (χ4n) is 3.83. The molecule has 6 heteroatoms. The number of thioether (sulfide) groups is 1. The Bertz CT molecular complexity index is 951. The molecule has 1 fully saturated rings. The third-order valence-corrected chi connectivity index (χ3v) is 7.65. The molecule has 2 heterocycles.